The molecule has 1 aliphatic rings. The third kappa shape index (κ3) is 3.28. The van der Waals surface area contributed by atoms with E-state index in [1.54, 1.807) is 19.9 Å². The Hall–Kier alpha value is -2.74. The Morgan fingerprint density at radius 2 is 1.96 bits per heavy atom. The van der Waals surface area contributed by atoms with Crippen LogP contribution in [-0.2, 0) is 10.0 Å². The van der Waals surface area contributed by atoms with Crippen LogP contribution in [0.3, 0.4) is 0 Å². The molecule has 0 saturated heterocycles. The molecule has 0 aliphatic heterocycles. The van der Waals surface area contributed by atoms with Crippen LogP contribution < -0.4 is 5.32 Å². The highest BCUT2D eigenvalue weighted by molar-refractivity contribution is 7.90. The normalized spacial score (nSPS) is 14.6. The quantitative estimate of drug-likeness (QED) is 0.713. The predicted molar refractivity (Wildman–Crippen MR) is 108 cm³/mol. The first-order valence-electron chi connectivity index (χ1n) is 9.27. The smallest absolute Gasteiger partial charge is 0.256 e. The van der Waals surface area contributed by atoms with E-state index >= 15 is 0 Å². The van der Waals surface area contributed by atoms with Gasteiger partial charge in [0.1, 0.15) is 5.52 Å². The maximum atomic E-state index is 12.5. The van der Waals surface area contributed by atoms with Gasteiger partial charge in [0.2, 0.25) is 0 Å². The number of carbonyl (C=O) groups excluding carboxylic acids is 1. The molecule has 0 bridgehead atoms. The lowest BCUT2D eigenvalue weighted by Gasteiger charge is -2.10. The summed E-state index contributed by atoms with van der Waals surface area (Å²) in [6.07, 6.45) is 5.12. The van der Waals surface area contributed by atoms with Crippen LogP contribution in [0.5, 0.6) is 0 Å². The third-order valence-electron chi connectivity index (χ3n) is 4.95. The number of amides is 1. The van der Waals surface area contributed by atoms with Crippen molar-refractivity contribution in [1.82, 2.24) is 19.5 Å². The van der Waals surface area contributed by atoms with Gasteiger partial charge in [-0.2, -0.15) is 9.19 Å². The van der Waals surface area contributed by atoms with Gasteiger partial charge in [-0.25, -0.2) is 8.42 Å². The van der Waals surface area contributed by atoms with Crippen molar-refractivity contribution >= 4 is 26.8 Å². The molecule has 8 heteroatoms. The van der Waals surface area contributed by atoms with Crippen molar-refractivity contribution in [3.63, 3.8) is 0 Å². The molecule has 1 N–H and O–H groups in total. The zero-order valence-electron chi connectivity index (χ0n) is 16.0. The van der Waals surface area contributed by atoms with Crippen molar-refractivity contribution in [2.24, 2.45) is 0 Å². The topological polar surface area (TPSA) is 94.0 Å². The number of benzene rings is 1. The van der Waals surface area contributed by atoms with Crippen molar-refractivity contribution in [1.29, 1.82) is 0 Å². The fourth-order valence-corrected chi connectivity index (χ4v) is 3.99. The summed E-state index contributed by atoms with van der Waals surface area (Å²) in [5.74, 6) is -0.0827. The number of nitrogens with zero attached hydrogens (tertiary/aromatic N) is 3. The van der Waals surface area contributed by atoms with E-state index in [1.807, 2.05) is 25.1 Å². The molecule has 3 aromatic rings. The lowest BCUT2D eigenvalue weighted by Crippen LogP contribution is -2.25. The largest absolute Gasteiger partial charge is 0.349 e. The molecule has 7 nitrogen and oxygen atoms in total. The molecular formula is C20H22N4O3S. The monoisotopic (exact) mass is 398 g/mol. The summed E-state index contributed by atoms with van der Waals surface area (Å²) in [5.41, 5.74) is 3.53. The molecule has 1 fully saturated rings. The summed E-state index contributed by atoms with van der Waals surface area (Å²) < 4.78 is 26.0. The van der Waals surface area contributed by atoms with E-state index < -0.39 is 15.3 Å². The first-order chi connectivity index (χ1) is 13.3. The fraction of sp³-hybridized carbons (Fsp3) is 0.350. The molecule has 1 aliphatic carbocycles. The first-order valence-corrected chi connectivity index (χ1v) is 10.8. The van der Waals surface area contributed by atoms with Gasteiger partial charge in [-0.3, -0.25) is 9.78 Å². The molecule has 1 amide bonds. The number of hydrogen-bond acceptors (Lipinski definition) is 5. The lowest BCUT2D eigenvalue weighted by molar-refractivity contribution is 0.0951. The van der Waals surface area contributed by atoms with Crippen molar-refractivity contribution in [3.8, 4) is 11.3 Å². The maximum Gasteiger partial charge on any atom is 0.256 e. The van der Waals surface area contributed by atoms with Crippen LogP contribution in [0.25, 0.3) is 22.2 Å². The van der Waals surface area contributed by atoms with E-state index in [1.165, 1.54) is 12.4 Å². The van der Waals surface area contributed by atoms with Gasteiger partial charge in [-0.15, -0.1) is 0 Å². The van der Waals surface area contributed by atoms with Crippen LogP contribution >= 0.6 is 0 Å². The van der Waals surface area contributed by atoms with Crippen LogP contribution in [0.15, 0.2) is 36.7 Å². The number of nitrogens with one attached hydrogen (secondary N) is 1. The number of hydrogen-bond donors (Lipinski definition) is 1. The van der Waals surface area contributed by atoms with E-state index in [0.717, 1.165) is 28.1 Å². The standard InChI is InChI=1S/C20H22N4O3S/c1-12(2)28(26,27)24-19-11-21-18(9-15(19)10-22-24)17-8-14(5-4-13(17)3)20(25)23-16-6-7-16/h4-5,8-12,16H,6-7H2,1-3H3,(H,23,25). The highest BCUT2D eigenvalue weighted by atomic mass is 32.2. The highest BCUT2D eigenvalue weighted by Gasteiger charge is 2.24. The summed E-state index contributed by atoms with van der Waals surface area (Å²) in [6, 6.07) is 7.63. The molecule has 2 aromatic heterocycles. The zero-order chi connectivity index (χ0) is 20.1. The number of carbonyl (C=O) groups is 1. The SMILES string of the molecule is Cc1ccc(C(=O)NC2CC2)cc1-c1cc2cnn(S(=O)(=O)C(C)C)c2cn1. The molecule has 146 valence electrons. The van der Waals surface area contributed by atoms with Gasteiger partial charge in [0.15, 0.2) is 0 Å². The average molecular weight is 398 g/mol. The molecule has 4 rings (SSSR count). The Kier molecular flexibility index (Phi) is 4.45. The molecule has 0 spiro atoms. The number of aryl methyl sites for hydroxylation is 1. The van der Waals surface area contributed by atoms with Gasteiger partial charge in [-0.1, -0.05) is 6.07 Å². The second-order valence-electron chi connectivity index (χ2n) is 7.49. The minimum Gasteiger partial charge on any atom is -0.349 e. The lowest BCUT2D eigenvalue weighted by atomic mass is 10.0. The van der Waals surface area contributed by atoms with Crippen molar-refractivity contribution in [3.05, 3.63) is 47.8 Å². The Morgan fingerprint density at radius 3 is 2.64 bits per heavy atom. The van der Waals surface area contributed by atoms with Gasteiger partial charge < -0.3 is 5.32 Å². The Balaban J connectivity index is 1.74. The van der Waals surface area contributed by atoms with Gasteiger partial charge in [-0.05, 0) is 57.4 Å². The number of fused-ring (bicyclic) bond motifs is 1. The minimum atomic E-state index is -3.56. The number of rotatable bonds is 5. The summed E-state index contributed by atoms with van der Waals surface area (Å²) in [4.78, 5) is 16.8. The van der Waals surface area contributed by atoms with Gasteiger partial charge >= 0.3 is 0 Å². The van der Waals surface area contributed by atoms with Crippen LogP contribution in [0.2, 0.25) is 0 Å². The first kappa shape index (κ1) is 18.6. The molecular weight excluding hydrogens is 376 g/mol. The molecule has 0 radical (unpaired) electrons. The molecule has 28 heavy (non-hydrogen) atoms. The minimum absolute atomic E-state index is 0.0827. The third-order valence-corrected chi connectivity index (χ3v) is 6.91. The van der Waals surface area contributed by atoms with Crippen molar-refractivity contribution in [2.75, 3.05) is 0 Å². The second-order valence-corrected chi connectivity index (χ2v) is 9.81. The summed E-state index contributed by atoms with van der Waals surface area (Å²) in [5, 5.41) is 7.14. The Labute approximate surface area is 163 Å². The Morgan fingerprint density at radius 1 is 1.21 bits per heavy atom. The van der Waals surface area contributed by atoms with E-state index in [0.29, 0.717) is 28.2 Å². The zero-order valence-corrected chi connectivity index (χ0v) is 16.8. The molecule has 0 atom stereocenters. The van der Waals surface area contributed by atoms with Gasteiger partial charge in [0, 0.05) is 22.6 Å². The van der Waals surface area contributed by atoms with Crippen LogP contribution in [-0.4, -0.2) is 39.8 Å². The van der Waals surface area contributed by atoms with Gasteiger partial charge in [0.05, 0.1) is 23.3 Å². The molecule has 1 saturated carbocycles. The van der Waals surface area contributed by atoms with E-state index in [2.05, 4.69) is 15.4 Å². The Bertz CT molecular complexity index is 1180. The fourth-order valence-electron chi connectivity index (χ4n) is 2.99. The second kappa shape index (κ2) is 6.70. The maximum absolute atomic E-state index is 12.5. The number of aromatic nitrogens is 3. The van der Waals surface area contributed by atoms with Gasteiger partial charge in [0.25, 0.3) is 15.9 Å². The highest BCUT2D eigenvalue weighted by Crippen LogP contribution is 2.27. The predicted octanol–water partition coefficient (Wildman–Crippen LogP) is 2.89. The number of pyridine rings is 1. The summed E-state index contributed by atoms with van der Waals surface area (Å²) >= 11 is 0. The van der Waals surface area contributed by atoms with Crippen molar-refractivity contribution in [2.45, 2.75) is 44.9 Å². The average Bonchev–Trinajstić information content (AvgIpc) is 3.36. The molecule has 0 unspecified atom stereocenters. The van der Waals surface area contributed by atoms with E-state index in [-0.39, 0.29) is 5.91 Å². The van der Waals surface area contributed by atoms with Crippen LogP contribution in [0.4, 0.5) is 0 Å². The summed E-state index contributed by atoms with van der Waals surface area (Å²) in [7, 11) is -3.56. The molecule has 2 heterocycles. The van der Waals surface area contributed by atoms with Crippen LogP contribution in [0.1, 0.15) is 42.6 Å². The van der Waals surface area contributed by atoms with Crippen molar-refractivity contribution < 1.29 is 13.2 Å². The van der Waals surface area contributed by atoms with E-state index in [4.69, 9.17) is 0 Å². The molecule has 1 aromatic carbocycles. The van der Waals surface area contributed by atoms with Crippen LogP contribution in [0, 0.1) is 6.92 Å². The summed E-state index contributed by atoms with van der Waals surface area (Å²) in [6.45, 7) is 5.19. The van der Waals surface area contributed by atoms with E-state index in [9.17, 15) is 13.2 Å².